The van der Waals surface area contributed by atoms with E-state index in [2.05, 4.69) is 0 Å². The van der Waals surface area contributed by atoms with Gasteiger partial charge < -0.3 is 19.4 Å². The van der Waals surface area contributed by atoms with E-state index in [1.165, 1.54) is 4.90 Å². The van der Waals surface area contributed by atoms with Crippen LogP contribution in [0.2, 0.25) is 0 Å². The Kier molecular flexibility index (Phi) is 3.74. The van der Waals surface area contributed by atoms with Crippen molar-refractivity contribution < 1.29 is 19.1 Å². The molecule has 0 bridgehead atoms. The van der Waals surface area contributed by atoms with E-state index >= 15 is 0 Å². The molecular formula is C9H14NO4P. The number of ether oxygens (including phenoxy) is 1. The van der Waals surface area contributed by atoms with Gasteiger partial charge in [0.05, 0.1) is 7.11 Å². The summed E-state index contributed by atoms with van der Waals surface area (Å²) in [6, 6.07) is 7.02. The number of methoxy groups -OCH3 is 1. The van der Waals surface area contributed by atoms with Gasteiger partial charge in [-0.1, -0.05) is 6.07 Å². The Labute approximate surface area is 88.5 Å². The van der Waals surface area contributed by atoms with Crippen LogP contribution in [-0.4, -0.2) is 30.2 Å². The van der Waals surface area contributed by atoms with Crippen LogP contribution in [0.3, 0.4) is 0 Å². The fourth-order valence-electron chi connectivity index (χ4n) is 1.21. The van der Waals surface area contributed by atoms with Crippen LogP contribution in [0.5, 0.6) is 5.75 Å². The molecule has 0 heterocycles. The lowest BCUT2D eigenvalue weighted by molar-refractivity contribution is 0.373. The van der Waals surface area contributed by atoms with Gasteiger partial charge >= 0.3 is 7.60 Å². The van der Waals surface area contributed by atoms with Gasteiger partial charge in [0.1, 0.15) is 12.0 Å². The van der Waals surface area contributed by atoms with E-state index in [1.54, 1.807) is 38.4 Å². The zero-order chi connectivity index (χ0) is 11.5. The van der Waals surface area contributed by atoms with E-state index in [-0.39, 0.29) is 6.29 Å². The first-order valence-corrected chi connectivity index (χ1v) is 6.12. The highest BCUT2D eigenvalue weighted by atomic mass is 31.2. The van der Waals surface area contributed by atoms with Crippen LogP contribution >= 0.6 is 7.60 Å². The van der Waals surface area contributed by atoms with Crippen LogP contribution in [0.1, 0.15) is 0 Å². The fraction of sp³-hybridized carbons (Fsp3) is 0.333. The molecule has 1 aromatic carbocycles. The Morgan fingerprint density at radius 1 is 1.47 bits per heavy atom. The molecular weight excluding hydrogens is 217 g/mol. The smallest absolute Gasteiger partial charge is 0.344 e. The highest BCUT2D eigenvalue weighted by Crippen LogP contribution is 2.36. The molecule has 0 aliphatic rings. The predicted molar refractivity (Wildman–Crippen MR) is 58.3 cm³/mol. The third-order valence-corrected chi connectivity index (χ3v) is 2.68. The van der Waals surface area contributed by atoms with Crippen molar-refractivity contribution in [3.63, 3.8) is 0 Å². The molecule has 0 radical (unpaired) electrons. The van der Waals surface area contributed by atoms with Crippen molar-refractivity contribution in [3.8, 4) is 5.75 Å². The quantitative estimate of drug-likeness (QED) is 0.763. The Bertz CT molecular complexity index is 376. The summed E-state index contributed by atoms with van der Waals surface area (Å²) in [5.74, 6) is 0.657. The van der Waals surface area contributed by atoms with E-state index in [1.807, 2.05) is 0 Å². The summed E-state index contributed by atoms with van der Waals surface area (Å²) in [6.45, 7) is 0. The van der Waals surface area contributed by atoms with Gasteiger partial charge in [0.25, 0.3) is 0 Å². The molecule has 5 nitrogen and oxygen atoms in total. The first-order valence-electron chi connectivity index (χ1n) is 4.32. The molecule has 0 aromatic heterocycles. The minimum atomic E-state index is -4.03. The van der Waals surface area contributed by atoms with E-state index < -0.39 is 7.60 Å². The Hall–Kier alpha value is -1.03. The van der Waals surface area contributed by atoms with Crippen LogP contribution in [0.4, 0.5) is 5.69 Å². The molecule has 2 N–H and O–H groups in total. The summed E-state index contributed by atoms with van der Waals surface area (Å²) in [6.07, 6.45) is -0.305. The summed E-state index contributed by atoms with van der Waals surface area (Å²) < 4.78 is 15.8. The van der Waals surface area contributed by atoms with Gasteiger partial charge in [0.2, 0.25) is 0 Å². The van der Waals surface area contributed by atoms with Crippen molar-refractivity contribution in [2.24, 2.45) is 0 Å². The van der Waals surface area contributed by atoms with Crippen LogP contribution < -0.4 is 9.64 Å². The molecule has 0 fully saturated rings. The maximum absolute atomic E-state index is 10.8. The maximum atomic E-state index is 10.8. The highest BCUT2D eigenvalue weighted by molar-refractivity contribution is 7.51. The van der Waals surface area contributed by atoms with Crippen molar-refractivity contribution >= 4 is 13.3 Å². The lowest BCUT2D eigenvalue weighted by atomic mass is 10.3. The van der Waals surface area contributed by atoms with Crippen LogP contribution in [-0.2, 0) is 4.57 Å². The summed E-state index contributed by atoms with van der Waals surface area (Å²) in [4.78, 5) is 19.1. The van der Waals surface area contributed by atoms with E-state index in [4.69, 9.17) is 14.5 Å². The van der Waals surface area contributed by atoms with E-state index in [0.29, 0.717) is 11.4 Å². The standard InChI is InChI=1S/C9H14NO4P/c1-10(7-15(11,12)13)8-4-3-5-9(6-8)14-2/h3-6H,7H2,1-2H3,(H2,11,12,13). The van der Waals surface area contributed by atoms with Gasteiger partial charge in [-0.2, -0.15) is 0 Å². The van der Waals surface area contributed by atoms with Crippen LogP contribution in [0, 0.1) is 0 Å². The van der Waals surface area contributed by atoms with Gasteiger partial charge in [-0.05, 0) is 12.1 Å². The van der Waals surface area contributed by atoms with Gasteiger partial charge in [-0.3, -0.25) is 4.57 Å². The molecule has 0 atom stereocenters. The minimum absolute atomic E-state index is 0.305. The third kappa shape index (κ3) is 3.91. The molecule has 0 aliphatic heterocycles. The van der Waals surface area contributed by atoms with Crippen molar-refractivity contribution in [1.29, 1.82) is 0 Å². The highest BCUT2D eigenvalue weighted by Gasteiger charge is 2.16. The predicted octanol–water partition coefficient (Wildman–Crippen LogP) is 1.27. The number of hydrogen-bond donors (Lipinski definition) is 2. The Balaban J connectivity index is 2.82. The van der Waals surface area contributed by atoms with Crippen molar-refractivity contribution in [1.82, 2.24) is 0 Å². The second-order valence-corrected chi connectivity index (χ2v) is 4.82. The maximum Gasteiger partial charge on any atom is 0.344 e. The van der Waals surface area contributed by atoms with Gasteiger partial charge in [-0.25, -0.2) is 0 Å². The second kappa shape index (κ2) is 4.66. The molecule has 0 saturated heterocycles. The molecule has 6 heteroatoms. The minimum Gasteiger partial charge on any atom is -0.497 e. The molecule has 0 aliphatic carbocycles. The summed E-state index contributed by atoms with van der Waals surface area (Å²) >= 11 is 0. The molecule has 0 amide bonds. The summed E-state index contributed by atoms with van der Waals surface area (Å²) in [7, 11) is -0.863. The SMILES string of the molecule is COc1cccc(N(C)CP(=O)(O)O)c1. The van der Waals surface area contributed by atoms with Crippen molar-refractivity contribution in [2.45, 2.75) is 0 Å². The Morgan fingerprint density at radius 3 is 2.67 bits per heavy atom. The average molecular weight is 231 g/mol. The van der Waals surface area contributed by atoms with Crippen molar-refractivity contribution in [3.05, 3.63) is 24.3 Å². The molecule has 1 aromatic rings. The summed E-state index contributed by atoms with van der Waals surface area (Å²) in [5, 5.41) is 0. The topological polar surface area (TPSA) is 70.0 Å². The van der Waals surface area contributed by atoms with Crippen molar-refractivity contribution in [2.75, 3.05) is 25.3 Å². The first-order chi connectivity index (χ1) is 6.92. The first kappa shape index (κ1) is 12.0. The zero-order valence-electron chi connectivity index (χ0n) is 8.62. The Morgan fingerprint density at radius 2 is 2.13 bits per heavy atom. The lowest BCUT2D eigenvalue weighted by Gasteiger charge is -2.20. The number of nitrogens with zero attached hydrogens (tertiary/aromatic N) is 1. The fourth-order valence-corrected chi connectivity index (χ4v) is 1.92. The van der Waals surface area contributed by atoms with E-state index in [9.17, 15) is 4.57 Å². The lowest BCUT2D eigenvalue weighted by Crippen LogP contribution is -2.18. The molecule has 0 saturated carbocycles. The number of benzene rings is 1. The van der Waals surface area contributed by atoms with Gasteiger partial charge in [0.15, 0.2) is 0 Å². The summed E-state index contributed by atoms with van der Waals surface area (Å²) in [5.41, 5.74) is 0.706. The van der Waals surface area contributed by atoms with E-state index in [0.717, 1.165) is 0 Å². The second-order valence-electron chi connectivity index (χ2n) is 3.21. The van der Waals surface area contributed by atoms with Crippen LogP contribution in [0.15, 0.2) is 24.3 Å². The third-order valence-electron chi connectivity index (χ3n) is 1.89. The molecule has 0 spiro atoms. The van der Waals surface area contributed by atoms with Gasteiger partial charge in [-0.15, -0.1) is 0 Å². The molecule has 15 heavy (non-hydrogen) atoms. The monoisotopic (exact) mass is 231 g/mol. The van der Waals surface area contributed by atoms with Crippen LogP contribution in [0.25, 0.3) is 0 Å². The largest absolute Gasteiger partial charge is 0.497 e. The molecule has 84 valence electrons. The number of rotatable bonds is 4. The molecule has 1 rings (SSSR count). The van der Waals surface area contributed by atoms with Gasteiger partial charge in [0, 0.05) is 18.8 Å². The number of anilines is 1. The average Bonchev–Trinajstić information content (AvgIpc) is 2.15. The normalized spacial score (nSPS) is 11.2. The zero-order valence-corrected chi connectivity index (χ0v) is 9.52. The number of hydrogen-bond acceptors (Lipinski definition) is 3. The molecule has 0 unspecified atom stereocenters.